The standard InChI is InChI=1S/C24H28/c1-2-10-5-9(1)19-15-7-16(20(10)19)24-18-8-17(23(15)24)21-13-6-14(22(18)21)12-4-3-11(12)13/h5,9,11,13,15-24H,1-4,6-8H2/t9?,11?,13?,15?,16?,17?,18?,19?,20?,21?,22-,23?,24?/m1/s1. The van der Waals surface area contributed by atoms with Crippen LogP contribution in [0.2, 0.25) is 0 Å². The fraction of sp³-hybridized carbons (Fsp3) is 0.833. The van der Waals surface area contributed by atoms with Crippen molar-refractivity contribution in [1.29, 1.82) is 0 Å². The highest BCUT2D eigenvalue weighted by atomic mass is 14.8. The summed E-state index contributed by atoms with van der Waals surface area (Å²) in [6.45, 7) is 0. The molecule has 0 spiro atoms. The quantitative estimate of drug-likeness (QED) is 0.432. The van der Waals surface area contributed by atoms with Crippen LogP contribution in [0, 0.1) is 76.9 Å². The summed E-state index contributed by atoms with van der Waals surface area (Å²) in [5, 5.41) is 0. The zero-order chi connectivity index (χ0) is 14.9. The molecule has 0 radical (unpaired) electrons. The maximum absolute atomic E-state index is 2.78. The number of hydrogen-bond donors (Lipinski definition) is 0. The molecule has 0 aliphatic heterocycles. The largest absolute Gasteiger partial charge is 0.0816 e. The third-order valence-corrected chi connectivity index (χ3v) is 11.8. The molecule has 0 nitrogen and oxygen atoms in total. The van der Waals surface area contributed by atoms with Crippen molar-refractivity contribution >= 4 is 0 Å². The third-order valence-electron chi connectivity index (χ3n) is 11.8. The van der Waals surface area contributed by atoms with Gasteiger partial charge in [0, 0.05) is 0 Å². The lowest BCUT2D eigenvalue weighted by molar-refractivity contribution is -0.00630. The van der Waals surface area contributed by atoms with E-state index in [-0.39, 0.29) is 0 Å². The summed E-state index contributed by atoms with van der Waals surface area (Å²) in [7, 11) is 0. The maximum atomic E-state index is 2.78. The fourth-order valence-corrected chi connectivity index (χ4v) is 11.9. The molecular formula is C24H28. The van der Waals surface area contributed by atoms with Gasteiger partial charge in [-0.2, -0.15) is 0 Å². The summed E-state index contributed by atoms with van der Waals surface area (Å²) < 4.78 is 0. The van der Waals surface area contributed by atoms with Crippen LogP contribution in [0.4, 0.5) is 0 Å². The van der Waals surface area contributed by atoms with E-state index in [1.54, 1.807) is 25.7 Å². The maximum Gasteiger partial charge on any atom is -0.0135 e. The molecule has 12 unspecified atom stereocenters. The van der Waals surface area contributed by atoms with Crippen molar-refractivity contribution in [3.63, 3.8) is 0 Å². The summed E-state index contributed by atoms with van der Waals surface area (Å²) in [5.74, 6) is 14.9. The van der Waals surface area contributed by atoms with Gasteiger partial charge in [0.1, 0.15) is 0 Å². The van der Waals surface area contributed by atoms with Gasteiger partial charge in [0.05, 0.1) is 0 Å². The van der Waals surface area contributed by atoms with Crippen molar-refractivity contribution in [3.05, 3.63) is 22.8 Å². The molecule has 8 bridgehead atoms. The van der Waals surface area contributed by atoms with Gasteiger partial charge in [-0.05, 0) is 122 Å². The van der Waals surface area contributed by atoms with E-state index >= 15 is 0 Å². The third kappa shape index (κ3) is 0.948. The molecule has 0 aromatic rings. The Labute approximate surface area is 145 Å². The number of rotatable bonds is 0. The van der Waals surface area contributed by atoms with Crippen molar-refractivity contribution in [2.75, 3.05) is 0 Å². The second-order valence-electron chi connectivity index (χ2n) is 11.5. The van der Waals surface area contributed by atoms with E-state index in [9.17, 15) is 0 Å². The van der Waals surface area contributed by atoms with Crippen LogP contribution >= 0.6 is 0 Å². The molecule has 9 aliphatic rings. The summed E-state index contributed by atoms with van der Waals surface area (Å²) in [6, 6.07) is 0. The second-order valence-corrected chi connectivity index (χ2v) is 11.5. The van der Waals surface area contributed by atoms with Crippen LogP contribution < -0.4 is 0 Å². The Hall–Kier alpha value is -0.520. The minimum absolute atomic E-state index is 1.04. The number of allylic oxidation sites excluding steroid dienone is 4. The SMILES string of the molecule is C1=C2CCC1C1C3CC(C21)C1C3C2CC1[C@H]1C3=C4CCC4C(C3)C21. The molecule has 0 aromatic carbocycles. The molecule has 0 heteroatoms. The Morgan fingerprint density at radius 1 is 0.667 bits per heavy atom. The van der Waals surface area contributed by atoms with Crippen molar-refractivity contribution in [2.24, 2.45) is 76.9 Å². The minimum Gasteiger partial charge on any atom is -0.0816 e. The number of hydrogen-bond acceptors (Lipinski definition) is 0. The highest BCUT2D eigenvalue weighted by Gasteiger charge is 2.75. The monoisotopic (exact) mass is 316 g/mol. The predicted molar refractivity (Wildman–Crippen MR) is 92.8 cm³/mol. The predicted octanol–water partition coefficient (Wildman–Crippen LogP) is 5.07. The van der Waals surface area contributed by atoms with Crippen LogP contribution in [0.5, 0.6) is 0 Å². The summed E-state index contributed by atoms with van der Waals surface area (Å²) in [4.78, 5) is 0. The van der Waals surface area contributed by atoms with Gasteiger partial charge in [0.15, 0.2) is 0 Å². The minimum atomic E-state index is 1.04. The molecule has 6 fully saturated rings. The summed E-state index contributed by atoms with van der Waals surface area (Å²) >= 11 is 0. The van der Waals surface area contributed by atoms with Crippen molar-refractivity contribution in [2.45, 2.75) is 44.9 Å². The Morgan fingerprint density at radius 2 is 1.50 bits per heavy atom. The van der Waals surface area contributed by atoms with Crippen LogP contribution in [0.25, 0.3) is 0 Å². The Balaban J connectivity index is 1.19. The Bertz CT molecular complexity index is 769. The van der Waals surface area contributed by atoms with Crippen LogP contribution in [-0.4, -0.2) is 0 Å². The van der Waals surface area contributed by atoms with E-state index < -0.39 is 0 Å². The molecular weight excluding hydrogens is 288 g/mol. The second kappa shape index (κ2) is 3.37. The molecule has 9 rings (SSSR count). The van der Waals surface area contributed by atoms with Gasteiger partial charge < -0.3 is 0 Å². The highest BCUT2D eigenvalue weighted by Crippen LogP contribution is 2.81. The van der Waals surface area contributed by atoms with E-state index in [1.807, 2.05) is 11.1 Å². The van der Waals surface area contributed by atoms with Gasteiger partial charge in [-0.25, -0.2) is 0 Å². The smallest absolute Gasteiger partial charge is 0.0135 e. The molecule has 0 amide bonds. The first-order chi connectivity index (χ1) is 11.9. The number of fused-ring (bicyclic) bond motifs is 24. The topological polar surface area (TPSA) is 0 Å². The molecule has 124 valence electrons. The first-order valence-electron chi connectivity index (χ1n) is 11.3. The highest BCUT2D eigenvalue weighted by molar-refractivity contribution is 5.42. The molecule has 0 aromatic heterocycles. The molecule has 24 heavy (non-hydrogen) atoms. The summed E-state index contributed by atoms with van der Waals surface area (Å²) in [5.41, 5.74) is 6.07. The average molecular weight is 316 g/mol. The van der Waals surface area contributed by atoms with Crippen LogP contribution in [0.15, 0.2) is 22.8 Å². The van der Waals surface area contributed by atoms with Gasteiger partial charge in [0.2, 0.25) is 0 Å². The van der Waals surface area contributed by atoms with Crippen LogP contribution in [0.1, 0.15) is 44.9 Å². The lowest BCUT2D eigenvalue weighted by atomic mass is 9.53. The molecule has 0 N–H and O–H groups in total. The van der Waals surface area contributed by atoms with Crippen molar-refractivity contribution in [3.8, 4) is 0 Å². The van der Waals surface area contributed by atoms with Crippen LogP contribution in [0.3, 0.4) is 0 Å². The fourth-order valence-electron chi connectivity index (χ4n) is 11.9. The van der Waals surface area contributed by atoms with Crippen molar-refractivity contribution < 1.29 is 0 Å². The zero-order valence-electron chi connectivity index (χ0n) is 14.5. The van der Waals surface area contributed by atoms with Gasteiger partial charge >= 0.3 is 0 Å². The Kier molecular flexibility index (Phi) is 1.68. The molecule has 9 aliphatic carbocycles. The van der Waals surface area contributed by atoms with Gasteiger partial charge in [-0.3, -0.25) is 0 Å². The molecule has 0 saturated heterocycles. The molecule has 13 atom stereocenters. The van der Waals surface area contributed by atoms with Crippen molar-refractivity contribution in [1.82, 2.24) is 0 Å². The Morgan fingerprint density at radius 3 is 2.38 bits per heavy atom. The van der Waals surface area contributed by atoms with E-state index in [2.05, 4.69) is 11.6 Å². The molecule has 0 heterocycles. The van der Waals surface area contributed by atoms with E-state index in [0.29, 0.717) is 0 Å². The normalized spacial score (nSPS) is 70.7. The zero-order valence-corrected chi connectivity index (χ0v) is 14.5. The van der Waals surface area contributed by atoms with Gasteiger partial charge in [-0.1, -0.05) is 22.8 Å². The van der Waals surface area contributed by atoms with E-state index in [1.165, 1.54) is 48.9 Å². The first kappa shape index (κ1) is 12.0. The lowest BCUT2D eigenvalue weighted by Crippen LogP contribution is -2.47. The summed E-state index contributed by atoms with van der Waals surface area (Å²) in [6.07, 6.45) is 13.8. The lowest BCUT2D eigenvalue weighted by Gasteiger charge is -2.51. The van der Waals surface area contributed by atoms with E-state index in [4.69, 9.17) is 0 Å². The van der Waals surface area contributed by atoms with Gasteiger partial charge in [0.25, 0.3) is 0 Å². The first-order valence-corrected chi connectivity index (χ1v) is 11.3. The van der Waals surface area contributed by atoms with E-state index in [0.717, 1.165) is 47.3 Å². The average Bonchev–Trinajstić information content (AvgIpc) is 3.35. The van der Waals surface area contributed by atoms with Crippen LogP contribution in [-0.2, 0) is 0 Å². The molecule has 6 saturated carbocycles. The van der Waals surface area contributed by atoms with Gasteiger partial charge in [-0.15, -0.1) is 0 Å².